The molecule has 0 aliphatic carbocycles. The Morgan fingerprint density at radius 2 is 2.00 bits per heavy atom. The van der Waals surface area contributed by atoms with E-state index < -0.39 is 22.0 Å². The molecule has 1 saturated heterocycles. The molecule has 1 fully saturated rings. The predicted molar refractivity (Wildman–Crippen MR) is 62.6 cm³/mol. The van der Waals surface area contributed by atoms with Crippen molar-refractivity contribution in [3.63, 3.8) is 0 Å². The third-order valence-corrected chi connectivity index (χ3v) is 4.64. The molecule has 7 heteroatoms. The van der Waals surface area contributed by atoms with E-state index in [1.165, 1.54) is 12.1 Å². The number of carbonyl (C=O) groups is 1. The Balaban J connectivity index is 2.36. The molecule has 0 radical (unpaired) electrons. The molecule has 1 N–H and O–H groups in total. The second-order valence-electron chi connectivity index (χ2n) is 3.86. The van der Waals surface area contributed by atoms with Crippen molar-refractivity contribution in [2.45, 2.75) is 10.9 Å². The smallest absolute Gasteiger partial charge is 0.324 e. The molecule has 1 aromatic carbocycles. The highest BCUT2D eigenvalue weighted by Crippen LogP contribution is 2.20. The fourth-order valence-electron chi connectivity index (χ4n) is 1.80. The van der Waals surface area contributed by atoms with Gasteiger partial charge in [0.25, 0.3) is 0 Å². The molecule has 1 aliphatic heterocycles. The average Bonchev–Trinajstić information content (AvgIpc) is 2.39. The van der Waals surface area contributed by atoms with Gasteiger partial charge in [-0.1, -0.05) is 18.2 Å². The van der Waals surface area contributed by atoms with Crippen LogP contribution in [0.4, 0.5) is 0 Å². The highest BCUT2D eigenvalue weighted by atomic mass is 32.2. The molecule has 0 spiro atoms. The van der Waals surface area contributed by atoms with Crippen molar-refractivity contribution in [2.75, 3.05) is 19.8 Å². The molecular weight excluding hydrogens is 258 g/mol. The van der Waals surface area contributed by atoms with E-state index in [1.807, 2.05) is 0 Å². The van der Waals surface area contributed by atoms with Crippen molar-refractivity contribution in [2.24, 2.45) is 0 Å². The molecule has 1 atom stereocenters. The molecule has 6 nitrogen and oxygen atoms in total. The number of benzene rings is 1. The second kappa shape index (κ2) is 5.05. The molecule has 0 amide bonds. The zero-order valence-electron chi connectivity index (χ0n) is 9.52. The summed E-state index contributed by atoms with van der Waals surface area (Å²) >= 11 is 0. The number of hydrogen-bond donors (Lipinski definition) is 1. The SMILES string of the molecule is O=C(O)C1COCCN1S(=O)(=O)c1ccccc1. The van der Waals surface area contributed by atoms with Crippen LogP contribution in [0.5, 0.6) is 0 Å². The molecule has 2 rings (SSSR count). The van der Waals surface area contributed by atoms with Crippen LogP contribution in [0, 0.1) is 0 Å². The van der Waals surface area contributed by atoms with Gasteiger partial charge < -0.3 is 9.84 Å². The monoisotopic (exact) mass is 271 g/mol. The Kier molecular flexibility index (Phi) is 3.65. The molecule has 1 aliphatic rings. The Hall–Kier alpha value is -1.44. The summed E-state index contributed by atoms with van der Waals surface area (Å²) in [6.45, 7) is 0.130. The Morgan fingerprint density at radius 1 is 1.33 bits per heavy atom. The van der Waals surface area contributed by atoms with E-state index in [9.17, 15) is 13.2 Å². The van der Waals surface area contributed by atoms with E-state index in [-0.39, 0.29) is 24.7 Å². The van der Waals surface area contributed by atoms with E-state index in [2.05, 4.69) is 0 Å². The van der Waals surface area contributed by atoms with Gasteiger partial charge in [-0.25, -0.2) is 8.42 Å². The minimum absolute atomic E-state index is 0.0498. The van der Waals surface area contributed by atoms with Gasteiger partial charge in [0.2, 0.25) is 10.0 Å². The third-order valence-electron chi connectivity index (χ3n) is 2.71. The molecule has 1 heterocycles. The molecule has 0 saturated carbocycles. The maximum Gasteiger partial charge on any atom is 0.324 e. The van der Waals surface area contributed by atoms with Crippen molar-refractivity contribution in [3.05, 3.63) is 30.3 Å². The Bertz CT molecular complexity index is 528. The topological polar surface area (TPSA) is 83.9 Å². The number of morpholine rings is 1. The van der Waals surface area contributed by atoms with Crippen LogP contribution in [0.3, 0.4) is 0 Å². The van der Waals surface area contributed by atoms with Crippen LogP contribution in [0.25, 0.3) is 0 Å². The number of ether oxygens (including phenoxy) is 1. The zero-order valence-corrected chi connectivity index (χ0v) is 10.3. The van der Waals surface area contributed by atoms with Crippen LogP contribution in [0.2, 0.25) is 0 Å². The number of carboxylic acid groups (broad SMARTS) is 1. The van der Waals surface area contributed by atoms with Gasteiger partial charge in [-0.15, -0.1) is 0 Å². The Labute approximate surface area is 105 Å². The molecule has 1 aromatic rings. The number of nitrogens with zero attached hydrogens (tertiary/aromatic N) is 1. The summed E-state index contributed by atoms with van der Waals surface area (Å²) < 4.78 is 30.6. The summed E-state index contributed by atoms with van der Waals surface area (Å²) in [5, 5.41) is 9.03. The quantitative estimate of drug-likeness (QED) is 0.846. The Morgan fingerprint density at radius 3 is 2.61 bits per heavy atom. The normalized spacial score (nSPS) is 21.7. The summed E-state index contributed by atoms with van der Waals surface area (Å²) in [6, 6.07) is 6.64. The predicted octanol–water partition coefficient (Wildman–Crippen LogP) is 0.161. The van der Waals surface area contributed by atoms with Gasteiger partial charge in [0, 0.05) is 6.54 Å². The van der Waals surface area contributed by atoms with Gasteiger partial charge in [-0.05, 0) is 12.1 Å². The van der Waals surface area contributed by atoms with Crippen molar-refractivity contribution in [1.29, 1.82) is 0 Å². The van der Waals surface area contributed by atoms with Crippen molar-refractivity contribution < 1.29 is 23.1 Å². The summed E-state index contributed by atoms with van der Waals surface area (Å²) in [6.07, 6.45) is 0. The minimum Gasteiger partial charge on any atom is -0.480 e. The van der Waals surface area contributed by atoms with Crippen molar-refractivity contribution in [1.82, 2.24) is 4.31 Å². The lowest BCUT2D eigenvalue weighted by Crippen LogP contribution is -2.52. The largest absolute Gasteiger partial charge is 0.480 e. The lowest BCUT2D eigenvalue weighted by molar-refractivity contribution is -0.146. The number of sulfonamides is 1. The standard InChI is InChI=1S/C11H13NO5S/c13-11(14)10-8-17-7-6-12(10)18(15,16)9-4-2-1-3-5-9/h1-5,10H,6-8H2,(H,13,14). The van der Waals surface area contributed by atoms with E-state index in [0.29, 0.717) is 0 Å². The van der Waals surface area contributed by atoms with E-state index in [0.717, 1.165) is 4.31 Å². The molecule has 18 heavy (non-hydrogen) atoms. The van der Waals surface area contributed by atoms with Crippen LogP contribution < -0.4 is 0 Å². The van der Waals surface area contributed by atoms with Crippen LogP contribution in [-0.4, -0.2) is 49.6 Å². The van der Waals surface area contributed by atoms with E-state index in [1.54, 1.807) is 18.2 Å². The van der Waals surface area contributed by atoms with Gasteiger partial charge in [0.1, 0.15) is 6.04 Å². The highest BCUT2D eigenvalue weighted by molar-refractivity contribution is 7.89. The molecule has 1 unspecified atom stereocenters. The fourth-order valence-corrected chi connectivity index (χ4v) is 3.37. The summed E-state index contributed by atoms with van der Waals surface area (Å²) in [7, 11) is -3.78. The summed E-state index contributed by atoms with van der Waals surface area (Å²) in [4.78, 5) is 11.2. The second-order valence-corrected chi connectivity index (χ2v) is 5.75. The average molecular weight is 271 g/mol. The lowest BCUT2D eigenvalue weighted by atomic mass is 10.3. The van der Waals surface area contributed by atoms with Crippen molar-refractivity contribution in [3.8, 4) is 0 Å². The number of aliphatic carboxylic acids is 1. The van der Waals surface area contributed by atoms with Gasteiger partial charge in [-0.2, -0.15) is 4.31 Å². The van der Waals surface area contributed by atoms with Gasteiger partial charge in [-0.3, -0.25) is 4.79 Å². The first-order valence-electron chi connectivity index (χ1n) is 5.41. The van der Waals surface area contributed by atoms with E-state index >= 15 is 0 Å². The van der Waals surface area contributed by atoms with E-state index in [4.69, 9.17) is 9.84 Å². The maximum atomic E-state index is 12.3. The van der Waals surface area contributed by atoms with Gasteiger partial charge in [0.15, 0.2) is 0 Å². The molecule has 0 aromatic heterocycles. The lowest BCUT2D eigenvalue weighted by Gasteiger charge is -2.31. The van der Waals surface area contributed by atoms with Crippen LogP contribution in [0.15, 0.2) is 35.2 Å². The molecule has 98 valence electrons. The number of rotatable bonds is 3. The maximum absolute atomic E-state index is 12.3. The minimum atomic E-state index is -3.78. The first-order valence-corrected chi connectivity index (χ1v) is 6.85. The van der Waals surface area contributed by atoms with Crippen LogP contribution >= 0.6 is 0 Å². The zero-order chi connectivity index (χ0) is 13.2. The summed E-state index contributed by atoms with van der Waals surface area (Å²) in [5.74, 6) is -1.20. The fraction of sp³-hybridized carbons (Fsp3) is 0.364. The number of carboxylic acids is 1. The van der Waals surface area contributed by atoms with Crippen molar-refractivity contribution >= 4 is 16.0 Å². The van der Waals surface area contributed by atoms with Crippen LogP contribution in [-0.2, 0) is 19.6 Å². The molecular formula is C11H13NO5S. The van der Waals surface area contributed by atoms with Gasteiger partial charge in [0.05, 0.1) is 18.1 Å². The van der Waals surface area contributed by atoms with Gasteiger partial charge >= 0.3 is 5.97 Å². The van der Waals surface area contributed by atoms with Crippen LogP contribution in [0.1, 0.15) is 0 Å². The third kappa shape index (κ3) is 2.38. The number of hydrogen-bond acceptors (Lipinski definition) is 4. The highest BCUT2D eigenvalue weighted by Gasteiger charge is 2.38. The first-order chi connectivity index (χ1) is 8.53. The summed E-state index contributed by atoms with van der Waals surface area (Å²) in [5.41, 5.74) is 0. The molecule has 0 bridgehead atoms. The first kappa shape index (κ1) is 13.0.